The molecule has 2 amide bonds. The molecule has 1 aromatic carbocycles. The molecule has 0 saturated carbocycles. The Balaban J connectivity index is 2.16. The highest BCUT2D eigenvalue weighted by molar-refractivity contribution is 5.91. The van der Waals surface area contributed by atoms with E-state index in [0.717, 1.165) is 12.1 Å². The third-order valence-electron chi connectivity index (χ3n) is 3.66. The van der Waals surface area contributed by atoms with Gasteiger partial charge < -0.3 is 10.6 Å². The number of carbonyl (C=O) groups excluding carboxylic acids is 2. The second-order valence-corrected chi connectivity index (χ2v) is 5.85. The van der Waals surface area contributed by atoms with E-state index in [1.165, 1.54) is 12.1 Å². The van der Waals surface area contributed by atoms with Crippen LogP contribution in [0.3, 0.4) is 0 Å². The Kier molecular flexibility index (Phi) is 4.17. The lowest BCUT2D eigenvalue weighted by molar-refractivity contribution is -0.137. The van der Waals surface area contributed by atoms with E-state index in [0.29, 0.717) is 12.0 Å². The fraction of sp³-hybridized carbons (Fsp3) is 0.467. The molecule has 1 fully saturated rings. The number of amides is 2. The van der Waals surface area contributed by atoms with E-state index in [2.05, 4.69) is 10.6 Å². The van der Waals surface area contributed by atoms with E-state index < -0.39 is 29.2 Å². The summed E-state index contributed by atoms with van der Waals surface area (Å²) >= 11 is 0. The van der Waals surface area contributed by atoms with Crippen LogP contribution in [0.2, 0.25) is 0 Å². The zero-order valence-electron chi connectivity index (χ0n) is 12.3. The number of hydrogen-bond donors (Lipinski definition) is 2. The molecule has 7 heteroatoms. The van der Waals surface area contributed by atoms with Gasteiger partial charge in [-0.15, -0.1) is 0 Å². The molecule has 1 aromatic rings. The van der Waals surface area contributed by atoms with Crippen molar-refractivity contribution in [2.75, 3.05) is 0 Å². The summed E-state index contributed by atoms with van der Waals surface area (Å²) in [4.78, 5) is 23.2. The predicted molar refractivity (Wildman–Crippen MR) is 73.8 cm³/mol. The molecule has 4 nitrogen and oxygen atoms in total. The van der Waals surface area contributed by atoms with Crippen molar-refractivity contribution in [1.29, 1.82) is 0 Å². The molecule has 0 aromatic heterocycles. The molecule has 120 valence electrons. The molecule has 0 radical (unpaired) electrons. The van der Waals surface area contributed by atoms with Crippen molar-refractivity contribution in [3.05, 3.63) is 35.4 Å². The minimum atomic E-state index is -4.43. The zero-order chi connectivity index (χ0) is 16.5. The van der Waals surface area contributed by atoms with Crippen molar-refractivity contribution in [2.45, 2.75) is 44.4 Å². The van der Waals surface area contributed by atoms with Crippen LogP contribution in [-0.2, 0) is 21.3 Å². The molecular formula is C15H17F3N2O2. The van der Waals surface area contributed by atoms with Gasteiger partial charge in [-0.05, 0) is 38.0 Å². The van der Waals surface area contributed by atoms with Gasteiger partial charge in [-0.1, -0.05) is 12.1 Å². The Labute approximate surface area is 126 Å². The van der Waals surface area contributed by atoms with E-state index in [1.807, 2.05) is 0 Å². The highest BCUT2D eigenvalue weighted by Crippen LogP contribution is 2.32. The van der Waals surface area contributed by atoms with Gasteiger partial charge in [0.2, 0.25) is 11.8 Å². The van der Waals surface area contributed by atoms with Crippen LogP contribution in [0, 0.1) is 0 Å². The average molecular weight is 314 g/mol. The predicted octanol–water partition coefficient (Wildman–Crippen LogP) is 2.34. The van der Waals surface area contributed by atoms with Crippen molar-refractivity contribution in [1.82, 2.24) is 10.6 Å². The molecule has 0 aliphatic carbocycles. The molecule has 2 N–H and O–H groups in total. The van der Waals surface area contributed by atoms with Crippen LogP contribution in [0.5, 0.6) is 0 Å². The second-order valence-electron chi connectivity index (χ2n) is 5.85. The SMILES string of the molecule is CC(C)(NC(=O)C1CCC(=O)N1)c1cccc(C(F)(F)F)c1. The molecule has 0 spiro atoms. The van der Waals surface area contributed by atoms with E-state index in [-0.39, 0.29) is 12.3 Å². The Bertz CT molecular complexity index is 597. The number of nitrogens with one attached hydrogen (secondary N) is 2. The van der Waals surface area contributed by atoms with Crippen LogP contribution in [0.25, 0.3) is 0 Å². The number of alkyl halides is 3. The number of benzene rings is 1. The third kappa shape index (κ3) is 3.58. The van der Waals surface area contributed by atoms with Crippen LogP contribution < -0.4 is 10.6 Å². The van der Waals surface area contributed by atoms with Crippen LogP contribution in [0.1, 0.15) is 37.8 Å². The molecule has 22 heavy (non-hydrogen) atoms. The monoisotopic (exact) mass is 314 g/mol. The summed E-state index contributed by atoms with van der Waals surface area (Å²) in [5.41, 5.74) is -1.40. The zero-order valence-corrected chi connectivity index (χ0v) is 12.3. The number of hydrogen-bond acceptors (Lipinski definition) is 2. The lowest BCUT2D eigenvalue weighted by Crippen LogP contribution is -2.49. The van der Waals surface area contributed by atoms with Crippen LogP contribution in [0.4, 0.5) is 13.2 Å². The number of rotatable bonds is 3. The van der Waals surface area contributed by atoms with Gasteiger partial charge in [0, 0.05) is 6.42 Å². The van der Waals surface area contributed by atoms with E-state index in [1.54, 1.807) is 13.8 Å². The molecule has 1 saturated heterocycles. The third-order valence-corrected chi connectivity index (χ3v) is 3.66. The summed E-state index contributed by atoms with van der Waals surface area (Å²) in [6, 6.07) is 4.22. The molecule has 0 bridgehead atoms. The first kappa shape index (κ1) is 16.3. The number of carbonyl (C=O) groups is 2. The Morgan fingerprint density at radius 2 is 1.91 bits per heavy atom. The summed E-state index contributed by atoms with van der Waals surface area (Å²) < 4.78 is 38.3. The van der Waals surface area contributed by atoms with E-state index in [4.69, 9.17) is 0 Å². The van der Waals surface area contributed by atoms with Crippen molar-refractivity contribution in [3.8, 4) is 0 Å². The maximum absolute atomic E-state index is 12.8. The topological polar surface area (TPSA) is 58.2 Å². The molecule has 1 heterocycles. The fourth-order valence-electron chi connectivity index (χ4n) is 2.36. The van der Waals surface area contributed by atoms with E-state index >= 15 is 0 Å². The summed E-state index contributed by atoms with van der Waals surface area (Å²) in [6.45, 7) is 3.24. The lowest BCUT2D eigenvalue weighted by Gasteiger charge is -2.29. The van der Waals surface area contributed by atoms with Gasteiger partial charge in [0.1, 0.15) is 6.04 Å². The van der Waals surface area contributed by atoms with Crippen molar-refractivity contribution in [2.24, 2.45) is 0 Å². The first-order valence-corrected chi connectivity index (χ1v) is 6.89. The minimum absolute atomic E-state index is 0.197. The van der Waals surface area contributed by atoms with Gasteiger partial charge in [-0.25, -0.2) is 0 Å². The Hall–Kier alpha value is -2.05. The highest BCUT2D eigenvalue weighted by atomic mass is 19.4. The van der Waals surface area contributed by atoms with Crippen molar-refractivity contribution < 1.29 is 22.8 Å². The summed E-state index contributed by atoms with van der Waals surface area (Å²) in [6.07, 6.45) is -3.76. The van der Waals surface area contributed by atoms with Gasteiger partial charge in [0.05, 0.1) is 11.1 Å². The first-order valence-electron chi connectivity index (χ1n) is 6.89. The van der Waals surface area contributed by atoms with Gasteiger partial charge in [-0.2, -0.15) is 13.2 Å². The van der Waals surface area contributed by atoms with E-state index in [9.17, 15) is 22.8 Å². The average Bonchev–Trinajstić information content (AvgIpc) is 2.84. The summed E-state index contributed by atoms with van der Waals surface area (Å²) in [7, 11) is 0. The van der Waals surface area contributed by atoms with Crippen LogP contribution in [-0.4, -0.2) is 17.9 Å². The highest BCUT2D eigenvalue weighted by Gasteiger charge is 2.34. The molecule has 1 aliphatic rings. The maximum atomic E-state index is 12.8. The van der Waals surface area contributed by atoms with Crippen LogP contribution in [0.15, 0.2) is 24.3 Å². The largest absolute Gasteiger partial charge is 0.416 e. The van der Waals surface area contributed by atoms with Crippen molar-refractivity contribution in [3.63, 3.8) is 0 Å². The minimum Gasteiger partial charge on any atom is -0.345 e. The normalized spacial score (nSPS) is 19.0. The van der Waals surface area contributed by atoms with Crippen LogP contribution >= 0.6 is 0 Å². The maximum Gasteiger partial charge on any atom is 0.416 e. The Morgan fingerprint density at radius 1 is 1.27 bits per heavy atom. The molecular weight excluding hydrogens is 297 g/mol. The molecule has 2 rings (SSSR count). The fourth-order valence-corrected chi connectivity index (χ4v) is 2.36. The molecule has 1 unspecified atom stereocenters. The quantitative estimate of drug-likeness (QED) is 0.899. The molecule has 1 atom stereocenters. The van der Waals surface area contributed by atoms with Gasteiger partial charge in [0.25, 0.3) is 0 Å². The first-order chi connectivity index (χ1) is 10.1. The standard InChI is InChI=1S/C15H17F3N2O2/c1-14(2,20-13(22)11-6-7-12(21)19-11)9-4-3-5-10(8-9)15(16,17)18/h3-5,8,11H,6-7H2,1-2H3,(H,19,21)(H,20,22). The summed E-state index contributed by atoms with van der Waals surface area (Å²) in [5, 5.41) is 5.23. The van der Waals surface area contributed by atoms with Gasteiger partial charge in [-0.3, -0.25) is 9.59 Å². The Morgan fingerprint density at radius 3 is 2.45 bits per heavy atom. The van der Waals surface area contributed by atoms with Gasteiger partial charge in [0.15, 0.2) is 0 Å². The van der Waals surface area contributed by atoms with Gasteiger partial charge >= 0.3 is 6.18 Å². The van der Waals surface area contributed by atoms with Crippen molar-refractivity contribution >= 4 is 11.8 Å². The number of halogens is 3. The smallest absolute Gasteiger partial charge is 0.345 e. The second kappa shape index (κ2) is 5.62. The summed E-state index contributed by atoms with van der Waals surface area (Å²) in [5.74, 6) is -0.592. The molecule has 1 aliphatic heterocycles. The lowest BCUT2D eigenvalue weighted by atomic mass is 9.92.